The summed E-state index contributed by atoms with van der Waals surface area (Å²) in [6.45, 7) is 1.04. The highest BCUT2D eigenvalue weighted by Gasteiger charge is 2.46. The maximum absolute atomic E-state index is 13.0. The molecule has 26 heavy (non-hydrogen) atoms. The SMILES string of the molecule is N#Cc1cccc([C@]2(CNC(=O)C3CC3c3ccc(F)cc3)CCO2)c1. The van der Waals surface area contributed by atoms with E-state index in [-0.39, 0.29) is 23.6 Å². The van der Waals surface area contributed by atoms with E-state index in [2.05, 4.69) is 11.4 Å². The monoisotopic (exact) mass is 350 g/mol. The van der Waals surface area contributed by atoms with Crippen molar-refractivity contribution in [3.05, 3.63) is 71.0 Å². The van der Waals surface area contributed by atoms with Gasteiger partial charge in [0.2, 0.25) is 5.91 Å². The van der Waals surface area contributed by atoms with Crippen molar-refractivity contribution in [3.8, 4) is 6.07 Å². The number of halogens is 1. The van der Waals surface area contributed by atoms with Gasteiger partial charge in [-0.1, -0.05) is 24.3 Å². The van der Waals surface area contributed by atoms with Crippen molar-refractivity contribution in [1.82, 2.24) is 5.32 Å². The van der Waals surface area contributed by atoms with Gasteiger partial charge in [0.15, 0.2) is 0 Å². The lowest BCUT2D eigenvalue weighted by Crippen LogP contribution is -2.50. The van der Waals surface area contributed by atoms with Gasteiger partial charge in [0.05, 0.1) is 24.8 Å². The number of nitrogens with one attached hydrogen (secondary N) is 1. The van der Waals surface area contributed by atoms with Crippen molar-refractivity contribution in [1.29, 1.82) is 5.26 Å². The zero-order chi connectivity index (χ0) is 18.1. The van der Waals surface area contributed by atoms with E-state index in [1.54, 1.807) is 18.2 Å². The number of benzene rings is 2. The van der Waals surface area contributed by atoms with Gasteiger partial charge in [-0.05, 0) is 47.7 Å². The molecule has 2 fully saturated rings. The fraction of sp³-hybridized carbons (Fsp3) is 0.333. The number of ether oxygens (including phenoxy) is 1. The second-order valence-corrected chi connectivity index (χ2v) is 7.00. The van der Waals surface area contributed by atoms with Crippen LogP contribution in [-0.4, -0.2) is 19.1 Å². The molecule has 0 spiro atoms. The van der Waals surface area contributed by atoms with Gasteiger partial charge in [0.1, 0.15) is 11.4 Å². The van der Waals surface area contributed by atoms with Gasteiger partial charge < -0.3 is 10.1 Å². The smallest absolute Gasteiger partial charge is 0.223 e. The summed E-state index contributed by atoms with van der Waals surface area (Å²) in [5.74, 6) is -0.163. The number of nitrogens with zero attached hydrogens (tertiary/aromatic N) is 1. The second-order valence-electron chi connectivity index (χ2n) is 7.00. The quantitative estimate of drug-likeness (QED) is 0.900. The Kier molecular flexibility index (Phi) is 4.21. The molecule has 2 unspecified atom stereocenters. The molecule has 2 aromatic rings. The first-order chi connectivity index (χ1) is 12.6. The third-order valence-corrected chi connectivity index (χ3v) is 5.38. The lowest BCUT2D eigenvalue weighted by Gasteiger charge is -2.42. The minimum absolute atomic E-state index is 0.00522. The topological polar surface area (TPSA) is 62.1 Å². The first-order valence-corrected chi connectivity index (χ1v) is 8.79. The maximum Gasteiger partial charge on any atom is 0.223 e. The number of carbonyl (C=O) groups excluding carboxylic acids is 1. The van der Waals surface area contributed by atoms with E-state index in [1.165, 1.54) is 12.1 Å². The Balaban J connectivity index is 1.39. The molecule has 0 bridgehead atoms. The second kappa shape index (κ2) is 6.54. The molecule has 1 amide bonds. The molecule has 5 heteroatoms. The van der Waals surface area contributed by atoms with Gasteiger partial charge in [0, 0.05) is 12.3 Å². The van der Waals surface area contributed by atoms with Crippen LogP contribution in [0.15, 0.2) is 48.5 Å². The number of hydrogen-bond donors (Lipinski definition) is 1. The molecule has 2 aliphatic rings. The average molecular weight is 350 g/mol. The van der Waals surface area contributed by atoms with Gasteiger partial charge in [-0.2, -0.15) is 5.26 Å². The van der Waals surface area contributed by atoms with Crippen LogP contribution in [0.4, 0.5) is 4.39 Å². The van der Waals surface area contributed by atoms with Crippen LogP contribution in [0.3, 0.4) is 0 Å². The Labute approximate surface area is 151 Å². The van der Waals surface area contributed by atoms with Crippen LogP contribution < -0.4 is 5.32 Å². The molecule has 1 aliphatic heterocycles. The molecule has 0 aromatic heterocycles. The summed E-state index contributed by atoms with van der Waals surface area (Å²) >= 11 is 0. The molecule has 132 valence electrons. The van der Waals surface area contributed by atoms with E-state index >= 15 is 0 Å². The van der Waals surface area contributed by atoms with Gasteiger partial charge in [0.25, 0.3) is 0 Å². The van der Waals surface area contributed by atoms with Crippen molar-refractivity contribution in [3.63, 3.8) is 0 Å². The number of amides is 1. The Bertz CT molecular complexity index is 868. The fourth-order valence-corrected chi connectivity index (χ4v) is 3.61. The largest absolute Gasteiger partial charge is 0.368 e. The van der Waals surface area contributed by atoms with Gasteiger partial charge in [-0.25, -0.2) is 4.39 Å². The fourth-order valence-electron chi connectivity index (χ4n) is 3.61. The predicted molar refractivity (Wildman–Crippen MR) is 93.7 cm³/mol. The highest BCUT2D eigenvalue weighted by molar-refractivity contribution is 5.83. The lowest BCUT2D eigenvalue weighted by atomic mass is 9.85. The molecule has 1 heterocycles. The first kappa shape index (κ1) is 16.7. The minimum Gasteiger partial charge on any atom is -0.368 e. The molecule has 4 nitrogen and oxygen atoms in total. The summed E-state index contributed by atoms with van der Waals surface area (Å²) in [6, 6.07) is 15.9. The standard InChI is InChI=1S/C21H19FN2O2/c22-17-6-4-15(5-7-17)18-11-19(18)20(25)24-13-21(8-9-26-21)16-3-1-2-14(10-16)12-23/h1-7,10,18-19H,8-9,11,13H2,(H,24,25)/t18?,19?,21-/m1/s1. The molecule has 1 aliphatic carbocycles. The van der Waals surface area contributed by atoms with Crippen LogP contribution in [0.2, 0.25) is 0 Å². The summed E-state index contributed by atoms with van der Waals surface area (Å²) in [5.41, 5.74) is 1.97. The van der Waals surface area contributed by atoms with Gasteiger partial charge in [-0.3, -0.25) is 4.79 Å². The van der Waals surface area contributed by atoms with E-state index in [9.17, 15) is 9.18 Å². The third-order valence-electron chi connectivity index (χ3n) is 5.38. The minimum atomic E-state index is -0.539. The van der Waals surface area contributed by atoms with E-state index in [1.807, 2.05) is 18.2 Å². The Morgan fingerprint density at radius 1 is 1.31 bits per heavy atom. The lowest BCUT2D eigenvalue weighted by molar-refractivity contribution is -0.155. The van der Waals surface area contributed by atoms with Crippen LogP contribution in [0.25, 0.3) is 0 Å². The highest BCUT2D eigenvalue weighted by atomic mass is 19.1. The number of nitriles is 1. The van der Waals surface area contributed by atoms with Crippen LogP contribution in [0.1, 0.15) is 35.4 Å². The van der Waals surface area contributed by atoms with E-state index in [0.29, 0.717) is 18.7 Å². The molecular formula is C21H19FN2O2. The molecule has 1 saturated carbocycles. The predicted octanol–water partition coefficient (Wildman–Crippen LogP) is 3.23. The highest BCUT2D eigenvalue weighted by Crippen LogP contribution is 2.47. The summed E-state index contributed by atoms with van der Waals surface area (Å²) in [4.78, 5) is 12.5. The van der Waals surface area contributed by atoms with E-state index in [4.69, 9.17) is 10.00 Å². The van der Waals surface area contributed by atoms with Crippen molar-refractivity contribution < 1.29 is 13.9 Å². The zero-order valence-electron chi connectivity index (χ0n) is 14.2. The molecular weight excluding hydrogens is 331 g/mol. The number of hydrogen-bond acceptors (Lipinski definition) is 3. The van der Waals surface area contributed by atoms with E-state index in [0.717, 1.165) is 24.0 Å². The molecule has 3 atom stereocenters. The molecule has 0 radical (unpaired) electrons. The van der Waals surface area contributed by atoms with Crippen molar-refractivity contribution in [2.24, 2.45) is 5.92 Å². The molecule has 1 N–H and O–H groups in total. The van der Waals surface area contributed by atoms with E-state index < -0.39 is 5.60 Å². The Hall–Kier alpha value is -2.71. The summed E-state index contributed by atoms with van der Waals surface area (Å²) in [6.07, 6.45) is 1.60. The normalized spacial score (nSPS) is 26.5. The average Bonchev–Trinajstić information content (AvgIpc) is 3.42. The third kappa shape index (κ3) is 3.09. The van der Waals surface area contributed by atoms with Gasteiger partial charge >= 0.3 is 0 Å². The molecule has 4 rings (SSSR count). The Morgan fingerprint density at radius 2 is 2.08 bits per heavy atom. The summed E-state index contributed by atoms with van der Waals surface area (Å²) in [7, 11) is 0. The first-order valence-electron chi connectivity index (χ1n) is 8.79. The van der Waals surface area contributed by atoms with Crippen molar-refractivity contribution in [2.75, 3.05) is 13.2 Å². The summed E-state index contributed by atoms with van der Waals surface area (Å²) < 4.78 is 18.8. The zero-order valence-corrected chi connectivity index (χ0v) is 14.2. The van der Waals surface area contributed by atoms with Crippen molar-refractivity contribution in [2.45, 2.75) is 24.4 Å². The maximum atomic E-state index is 13.0. The summed E-state index contributed by atoms with van der Waals surface area (Å²) in [5, 5.41) is 12.1. The van der Waals surface area contributed by atoms with Gasteiger partial charge in [-0.15, -0.1) is 0 Å². The molecule has 2 aromatic carbocycles. The van der Waals surface area contributed by atoms with Crippen LogP contribution in [-0.2, 0) is 15.1 Å². The van der Waals surface area contributed by atoms with Crippen LogP contribution in [0.5, 0.6) is 0 Å². The molecule has 1 saturated heterocycles. The van der Waals surface area contributed by atoms with Crippen molar-refractivity contribution >= 4 is 5.91 Å². The number of carbonyl (C=O) groups is 1. The Morgan fingerprint density at radius 3 is 2.73 bits per heavy atom. The number of rotatable bonds is 5. The van der Waals surface area contributed by atoms with Crippen LogP contribution in [0, 0.1) is 23.1 Å². The van der Waals surface area contributed by atoms with Crippen LogP contribution >= 0.6 is 0 Å².